The number of carbonyl (C=O) groups excluding carboxylic acids is 2. The highest BCUT2D eigenvalue weighted by Gasteiger charge is 2.26. The fourth-order valence-electron chi connectivity index (χ4n) is 5.58. The van der Waals surface area contributed by atoms with Crippen LogP contribution in [0.25, 0.3) is 16.9 Å². The molecule has 2 heterocycles. The van der Waals surface area contributed by atoms with Gasteiger partial charge in [0.2, 0.25) is 5.82 Å². The Balaban J connectivity index is 0.00000461. The van der Waals surface area contributed by atoms with Gasteiger partial charge in [-0.15, -0.1) is 0 Å². The zero-order valence-electron chi connectivity index (χ0n) is 26.0. The number of halogens is 3. The van der Waals surface area contributed by atoms with Crippen LogP contribution in [0, 0.1) is 18.6 Å². The van der Waals surface area contributed by atoms with Crippen LogP contribution in [0.1, 0.15) is 41.6 Å². The van der Waals surface area contributed by atoms with E-state index in [9.17, 15) is 18.4 Å². The summed E-state index contributed by atoms with van der Waals surface area (Å²) >= 11 is 0. The van der Waals surface area contributed by atoms with Crippen molar-refractivity contribution < 1.29 is 40.0 Å². The van der Waals surface area contributed by atoms with Gasteiger partial charge in [0.1, 0.15) is 0 Å². The number of hydrogen-bond donors (Lipinski definition) is 3. The van der Waals surface area contributed by atoms with Crippen LogP contribution in [-0.2, 0) is 4.79 Å². The number of likely N-dealkylation sites (N-methyl/N-ethyl adjacent to an activating group) is 1. The first-order chi connectivity index (χ1) is 20.9. The number of aromatic nitrogens is 3. The quantitative estimate of drug-likeness (QED) is 0.240. The second-order valence-electron chi connectivity index (χ2n) is 12.2. The van der Waals surface area contributed by atoms with E-state index in [2.05, 4.69) is 25.9 Å². The summed E-state index contributed by atoms with van der Waals surface area (Å²) in [6.07, 6.45) is 7.86. The van der Waals surface area contributed by atoms with E-state index in [-0.39, 0.29) is 47.6 Å². The molecule has 0 saturated heterocycles. The monoisotopic (exact) mass is 641 g/mol. The van der Waals surface area contributed by atoms with Crippen LogP contribution >= 0.6 is 0 Å². The lowest BCUT2D eigenvalue weighted by molar-refractivity contribution is -0.862. The molecule has 2 aromatic carbocycles. The first-order valence-electron chi connectivity index (χ1n) is 14.6. The standard InChI is InChI=1S/C32H37F2N7O3.ClH/c1-19-16-22(10-11-23(19)32(43)39-21-8-6-20(7-9-21)37-27(42)18-41(2,3)4)38-30-31-36-17-25(40(31)15-14-35-30)24-12-13-26(44-5)29(34)28(24)33;/h10-17,20-21H,6-9,18H2,1-5H3,(H2-,35,37,38,39,42,43);1H. The summed E-state index contributed by atoms with van der Waals surface area (Å²) in [4.78, 5) is 34.2. The van der Waals surface area contributed by atoms with Crippen LogP contribution in [0.5, 0.6) is 5.75 Å². The van der Waals surface area contributed by atoms with Gasteiger partial charge < -0.3 is 37.6 Å². The predicted octanol–water partition coefficient (Wildman–Crippen LogP) is 1.60. The second-order valence-corrected chi connectivity index (χ2v) is 12.2. The first kappa shape index (κ1) is 33.6. The lowest BCUT2D eigenvalue weighted by Gasteiger charge is -2.31. The smallest absolute Gasteiger partial charge is 0.275 e. The topological polar surface area (TPSA) is 110 Å². The Bertz CT molecular complexity index is 1700. The van der Waals surface area contributed by atoms with Gasteiger partial charge >= 0.3 is 0 Å². The molecule has 240 valence electrons. The Hall–Kier alpha value is -4.29. The number of nitrogens with zero attached hydrogens (tertiary/aromatic N) is 4. The number of ether oxygens (including phenoxy) is 1. The lowest BCUT2D eigenvalue weighted by Crippen LogP contribution is -3.00. The zero-order valence-corrected chi connectivity index (χ0v) is 26.7. The molecular weight excluding hydrogens is 604 g/mol. The molecule has 1 aliphatic carbocycles. The van der Waals surface area contributed by atoms with Crippen molar-refractivity contribution >= 4 is 29.0 Å². The van der Waals surface area contributed by atoms with E-state index < -0.39 is 11.6 Å². The number of hydrogen-bond acceptors (Lipinski definition) is 6. The van der Waals surface area contributed by atoms with E-state index in [1.54, 1.807) is 22.7 Å². The average Bonchev–Trinajstić information content (AvgIpc) is 3.39. The normalized spacial score (nSPS) is 16.5. The van der Waals surface area contributed by atoms with Gasteiger partial charge in [-0.3, -0.25) is 14.0 Å². The van der Waals surface area contributed by atoms with E-state index in [1.807, 2.05) is 34.1 Å². The van der Waals surface area contributed by atoms with Crippen molar-refractivity contribution in [3.8, 4) is 17.0 Å². The molecule has 0 unspecified atom stereocenters. The van der Waals surface area contributed by atoms with Crippen molar-refractivity contribution in [2.45, 2.75) is 44.7 Å². The molecule has 0 aliphatic heterocycles. The number of imidazole rings is 1. The van der Waals surface area contributed by atoms with Crippen molar-refractivity contribution in [2.75, 3.05) is 40.1 Å². The molecule has 3 N–H and O–H groups in total. The Labute approximate surface area is 267 Å². The number of anilines is 2. The molecule has 10 nitrogen and oxygen atoms in total. The molecule has 0 atom stereocenters. The van der Waals surface area contributed by atoms with Crippen LogP contribution in [0.2, 0.25) is 0 Å². The van der Waals surface area contributed by atoms with E-state index >= 15 is 0 Å². The molecule has 0 spiro atoms. The summed E-state index contributed by atoms with van der Waals surface area (Å²) in [5, 5.41) is 9.50. The van der Waals surface area contributed by atoms with Gasteiger partial charge in [0.25, 0.3) is 11.8 Å². The molecule has 1 aliphatic rings. The Morgan fingerprint density at radius 2 is 1.69 bits per heavy atom. The summed E-state index contributed by atoms with van der Waals surface area (Å²) in [5.74, 6) is -1.96. The minimum Gasteiger partial charge on any atom is -1.00 e. The molecule has 0 bridgehead atoms. The van der Waals surface area contributed by atoms with Crippen LogP contribution < -0.4 is 33.1 Å². The Morgan fingerprint density at radius 1 is 1.00 bits per heavy atom. The van der Waals surface area contributed by atoms with Crippen molar-refractivity contribution in [1.29, 1.82) is 0 Å². The summed E-state index contributed by atoms with van der Waals surface area (Å²) in [5.41, 5.74) is 2.85. The predicted molar refractivity (Wildman–Crippen MR) is 164 cm³/mol. The number of nitrogens with one attached hydrogen (secondary N) is 3. The van der Waals surface area contributed by atoms with Crippen molar-refractivity contribution in [3.05, 3.63) is 71.7 Å². The summed E-state index contributed by atoms with van der Waals surface area (Å²) < 4.78 is 36.3. The summed E-state index contributed by atoms with van der Waals surface area (Å²) in [7, 11) is 7.24. The van der Waals surface area contributed by atoms with Crippen molar-refractivity contribution in [3.63, 3.8) is 0 Å². The van der Waals surface area contributed by atoms with Crippen molar-refractivity contribution in [2.24, 2.45) is 0 Å². The number of fused-ring (bicyclic) bond motifs is 1. The number of benzene rings is 2. The van der Waals surface area contributed by atoms with Gasteiger partial charge in [0.15, 0.2) is 29.6 Å². The zero-order chi connectivity index (χ0) is 31.6. The van der Waals surface area contributed by atoms with Gasteiger partial charge in [-0.1, -0.05) is 0 Å². The maximum Gasteiger partial charge on any atom is 0.275 e. The SMILES string of the molecule is COc1ccc(-c2cnc3c(Nc4ccc(C(=O)NC5CCC(NC(=O)C[N+](C)(C)C)CC5)c(C)c4)nccn23)c(F)c1F.[Cl-]. The summed E-state index contributed by atoms with van der Waals surface area (Å²) in [6.45, 7) is 2.29. The highest BCUT2D eigenvalue weighted by atomic mass is 35.5. The van der Waals surface area contributed by atoms with E-state index in [0.717, 1.165) is 31.2 Å². The van der Waals surface area contributed by atoms with Gasteiger partial charge in [-0.2, -0.15) is 4.39 Å². The largest absolute Gasteiger partial charge is 1.00 e. The number of aryl methyl sites for hydroxylation is 1. The Morgan fingerprint density at radius 3 is 2.33 bits per heavy atom. The third-order valence-electron chi connectivity index (χ3n) is 7.75. The molecule has 4 aromatic rings. The molecule has 2 amide bonds. The highest BCUT2D eigenvalue weighted by molar-refractivity contribution is 5.96. The minimum atomic E-state index is -1.07. The molecule has 2 aromatic heterocycles. The number of carbonyl (C=O) groups is 2. The molecule has 45 heavy (non-hydrogen) atoms. The van der Waals surface area contributed by atoms with Crippen LogP contribution in [0.4, 0.5) is 20.3 Å². The maximum absolute atomic E-state index is 14.8. The highest BCUT2D eigenvalue weighted by Crippen LogP contribution is 2.31. The number of rotatable bonds is 9. The molecule has 0 radical (unpaired) electrons. The fourth-order valence-corrected chi connectivity index (χ4v) is 5.58. The van der Waals surface area contributed by atoms with Crippen molar-refractivity contribution in [1.82, 2.24) is 25.0 Å². The van der Waals surface area contributed by atoms with E-state index in [4.69, 9.17) is 4.74 Å². The third kappa shape index (κ3) is 7.69. The van der Waals surface area contributed by atoms with Crippen LogP contribution in [0.15, 0.2) is 48.9 Å². The molecule has 1 saturated carbocycles. The van der Waals surface area contributed by atoms with Gasteiger partial charge in [0, 0.05) is 41.3 Å². The number of quaternary nitrogens is 1. The summed E-state index contributed by atoms with van der Waals surface area (Å²) in [6, 6.07) is 8.39. The number of amides is 2. The Kier molecular flexibility index (Phi) is 10.3. The second kappa shape index (κ2) is 13.8. The molecule has 13 heteroatoms. The molecule has 1 fully saturated rings. The third-order valence-corrected chi connectivity index (χ3v) is 7.75. The minimum absolute atomic E-state index is 0. The molecular formula is C32H38ClF2N7O3. The molecule has 5 rings (SSSR count). The van der Waals surface area contributed by atoms with Gasteiger partial charge in [-0.25, -0.2) is 14.4 Å². The van der Waals surface area contributed by atoms with E-state index in [1.165, 1.54) is 31.6 Å². The first-order valence-corrected chi connectivity index (χ1v) is 14.6. The maximum atomic E-state index is 14.8. The lowest BCUT2D eigenvalue weighted by atomic mass is 9.90. The van der Waals surface area contributed by atoms with E-state index in [0.29, 0.717) is 39.4 Å². The van der Waals surface area contributed by atoms with Crippen LogP contribution in [-0.4, -0.2) is 77.5 Å². The van der Waals surface area contributed by atoms with Crippen LogP contribution in [0.3, 0.4) is 0 Å². The van der Waals surface area contributed by atoms with Gasteiger partial charge in [0.05, 0.1) is 40.1 Å². The fraction of sp³-hybridized carbons (Fsp3) is 0.375. The van der Waals surface area contributed by atoms with Gasteiger partial charge in [-0.05, 0) is 68.5 Å². The number of methoxy groups -OCH3 is 1. The average molecular weight is 642 g/mol.